The normalized spacial score (nSPS) is 15.4. The highest BCUT2D eigenvalue weighted by Gasteiger charge is 2.29. The fraction of sp³-hybridized carbons (Fsp3) is 0.423. The van der Waals surface area contributed by atoms with Gasteiger partial charge in [-0.25, -0.2) is 4.98 Å². The summed E-state index contributed by atoms with van der Waals surface area (Å²) in [5, 5.41) is 10.8. The third-order valence-electron chi connectivity index (χ3n) is 6.36. The van der Waals surface area contributed by atoms with Crippen LogP contribution in [0.25, 0.3) is 11.1 Å². The van der Waals surface area contributed by atoms with Crippen molar-refractivity contribution in [2.24, 2.45) is 13.0 Å². The maximum atomic E-state index is 13.2. The number of anilines is 1. The highest BCUT2D eigenvalue weighted by atomic mass is 16.2. The summed E-state index contributed by atoms with van der Waals surface area (Å²) in [4.78, 5) is 17.7. The summed E-state index contributed by atoms with van der Waals surface area (Å²) in [6, 6.07) is 12.3. The van der Waals surface area contributed by atoms with Crippen LogP contribution in [-0.2, 0) is 18.3 Å². The van der Waals surface area contributed by atoms with Gasteiger partial charge in [0.25, 0.3) is 0 Å². The molecule has 1 aromatic carbocycles. The summed E-state index contributed by atoms with van der Waals surface area (Å²) in [6.45, 7) is 2.88. The number of aryl methyl sites for hydroxylation is 2. The molecule has 2 aromatic heterocycles. The van der Waals surface area contributed by atoms with E-state index in [9.17, 15) is 4.79 Å². The quantitative estimate of drug-likeness (QED) is 0.550. The number of hydrogen-bond acceptors (Lipinski definition) is 4. The molecular formula is C26H33N5O. The molecule has 6 nitrogen and oxygen atoms in total. The van der Waals surface area contributed by atoms with Gasteiger partial charge in [0.1, 0.15) is 5.82 Å². The summed E-state index contributed by atoms with van der Waals surface area (Å²) in [6.07, 6.45) is 12.3. The summed E-state index contributed by atoms with van der Waals surface area (Å²) in [7, 11) is 1.89. The summed E-state index contributed by atoms with van der Waals surface area (Å²) < 4.78 is 1.77. The van der Waals surface area contributed by atoms with E-state index < -0.39 is 0 Å². The van der Waals surface area contributed by atoms with Gasteiger partial charge in [-0.2, -0.15) is 5.10 Å². The predicted octanol–water partition coefficient (Wildman–Crippen LogP) is 4.51. The fourth-order valence-electron chi connectivity index (χ4n) is 4.48. The van der Waals surface area contributed by atoms with Crippen molar-refractivity contribution in [1.29, 1.82) is 0 Å². The minimum absolute atomic E-state index is 0.0161. The van der Waals surface area contributed by atoms with E-state index in [1.165, 1.54) is 30.4 Å². The minimum atomic E-state index is -0.194. The molecule has 0 aliphatic heterocycles. The van der Waals surface area contributed by atoms with E-state index in [0.717, 1.165) is 36.9 Å². The average molecular weight is 432 g/mol. The van der Waals surface area contributed by atoms with E-state index >= 15 is 0 Å². The SMILES string of the molecule is Cc1ccc(CCN[C@H](C(=O)Nc2ccc(-c3cnn(C)c3)cn2)C2CCCCC2)cc1. The van der Waals surface area contributed by atoms with Gasteiger partial charge in [0.05, 0.1) is 12.2 Å². The van der Waals surface area contributed by atoms with Gasteiger partial charge in [-0.1, -0.05) is 49.1 Å². The lowest BCUT2D eigenvalue weighted by atomic mass is 9.83. The van der Waals surface area contributed by atoms with E-state index in [1.807, 2.05) is 31.6 Å². The van der Waals surface area contributed by atoms with Gasteiger partial charge >= 0.3 is 0 Å². The molecule has 168 valence electrons. The molecule has 1 atom stereocenters. The summed E-state index contributed by atoms with van der Waals surface area (Å²) in [5.74, 6) is 0.975. The van der Waals surface area contributed by atoms with Crippen molar-refractivity contribution in [3.05, 3.63) is 66.1 Å². The molecule has 1 fully saturated rings. The number of aromatic nitrogens is 3. The zero-order valence-corrected chi connectivity index (χ0v) is 19.1. The number of carbonyl (C=O) groups excluding carboxylic acids is 1. The maximum absolute atomic E-state index is 13.2. The first-order valence-corrected chi connectivity index (χ1v) is 11.6. The number of nitrogens with zero attached hydrogens (tertiary/aromatic N) is 3. The molecule has 2 heterocycles. The van der Waals surface area contributed by atoms with E-state index in [4.69, 9.17) is 0 Å². The molecular weight excluding hydrogens is 398 g/mol. The number of amides is 1. The fourth-order valence-corrected chi connectivity index (χ4v) is 4.48. The van der Waals surface area contributed by atoms with E-state index in [1.54, 1.807) is 10.9 Å². The third-order valence-corrected chi connectivity index (χ3v) is 6.36. The van der Waals surface area contributed by atoms with Crippen molar-refractivity contribution in [3.8, 4) is 11.1 Å². The van der Waals surface area contributed by atoms with E-state index in [0.29, 0.717) is 11.7 Å². The molecule has 6 heteroatoms. The van der Waals surface area contributed by atoms with Gasteiger partial charge in [-0.3, -0.25) is 9.48 Å². The molecule has 0 bridgehead atoms. The Kier molecular flexibility index (Phi) is 7.32. The molecule has 4 rings (SSSR count). The molecule has 2 N–H and O–H groups in total. The van der Waals surface area contributed by atoms with Crippen molar-refractivity contribution in [3.63, 3.8) is 0 Å². The van der Waals surface area contributed by atoms with Crippen molar-refractivity contribution >= 4 is 11.7 Å². The first-order chi connectivity index (χ1) is 15.6. The average Bonchev–Trinajstić information content (AvgIpc) is 3.25. The summed E-state index contributed by atoms with van der Waals surface area (Å²) in [5.41, 5.74) is 4.55. The van der Waals surface area contributed by atoms with Crippen LogP contribution >= 0.6 is 0 Å². The van der Waals surface area contributed by atoms with Crippen molar-refractivity contribution in [2.75, 3.05) is 11.9 Å². The Morgan fingerprint density at radius 1 is 1.06 bits per heavy atom. The number of rotatable bonds is 8. The Hall–Kier alpha value is -2.99. The number of nitrogens with one attached hydrogen (secondary N) is 2. The topological polar surface area (TPSA) is 71.8 Å². The van der Waals surface area contributed by atoms with Crippen LogP contribution in [0, 0.1) is 12.8 Å². The van der Waals surface area contributed by atoms with E-state index in [2.05, 4.69) is 51.9 Å². The number of hydrogen-bond donors (Lipinski definition) is 2. The lowest BCUT2D eigenvalue weighted by Gasteiger charge is -2.30. The minimum Gasteiger partial charge on any atom is -0.309 e. The highest BCUT2D eigenvalue weighted by molar-refractivity contribution is 5.94. The Morgan fingerprint density at radius 3 is 2.50 bits per heavy atom. The van der Waals surface area contributed by atoms with Crippen LogP contribution in [0.1, 0.15) is 43.2 Å². The predicted molar refractivity (Wildman–Crippen MR) is 128 cm³/mol. The molecule has 0 saturated heterocycles. The van der Waals surface area contributed by atoms with Crippen LogP contribution in [0.15, 0.2) is 55.0 Å². The second kappa shape index (κ2) is 10.6. The monoisotopic (exact) mass is 431 g/mol. The first-order valence-electron chi connectivity index (χ1n) is 11.6. The third kappa shape index (κ3) is 5.82. The van der Waals surface area contributed by atoms with Crippen LogP contribution in [0.2, 0.25) is 0 Å². The van der Waals surface area contributed by atoms with Crippen molar-refractivity contribution in [2.45, 2.75) is 51.5 Å². The van der Waals surface area contributed by atoms with Gasteiger partial charge in [0.15, 0.2) is 0 Å². The molecule has 1 amide bonds. The maximum Gasteiger partial charge on any atom is 0.242 e. The Bertz CT molecular complexity index is 1000. The molecule has 32 heavy (non-hydrogen) atoms. The lowest BCUT2D eigenvalue weighted by Crippen LogP contribution is -2.47. The van der Waals surface area contributed by atoms with Crippen LogP contribution in [0.4, 0.5) is 5.82 Å². The van der Waals surface area contributed by atoms with Gasteiger partial charge in [-0.05, 0) is 56.3 Å². The summed E-state index contributed by atoms with van der Waals surface area (Å²) >= 11 is 0. The van der Waals surface area contributed by atoms with Gasteiger partial charge < -0.3 is 10.6 Å². The molecule has 0 spiro atoms. The van der Waals surface area contributed by atoms with Gasteiger partial charge in [0.2, 0.25) is 5.91 Å². The molecule has 1 saturated carbocycles. The second-order valence-corrected chi connectivity index (χ2v) is 8.89. The van der Waals surface area contributed by atoms with E-state index in [-0.39, 0.29) is 11.9 Å². The lowest BCUT2D eigenvalue weighted by molar-refractivity contribution is -0.119. The second-order valence-electron chi connectivity index (χ2n) is 8.89. The number of carbonyl (C=O) groups is 1. The van der Waals surface area contributed by atoms with Crippen molar-refractivity contribution in [1.82, 2.24) is 20.1 Å². The van der Waals surface area contributed by atoms with Crippen LogP contribution in [0.3, 0.4) is 0 Å². The zero-order chi connectivity index (χ0) is 22.3. The van der Waals surface area contributed by atoms with Crippen LogP contribution in [-0.4, -0.2) is 33.3 Å². The zero-order valence-electron chi connectivity index (χ0n) is 19.1. The van der Waals surface area contributed by atoms with Crippen LogP contribution in [0.5, 0.6) is 0 Å². The molecule has 1 aliphatic carbocycles. The Morgan fingerprint density at radius 2 is 1.84 bits per heavy atom. The smallest absolute Gasteiger partial charge is 0.242 e. The highest BCUT2D eigenvalue weighted by Crippen LogP contribution is 2.27. The standard InChI is InChI=1S/C26H33N5O/c1-19-8-10-20(11-9-19)14-15-27-25(21-6-4-3-5-7-21)26(32)30-24-13-12-22(16-28-24)23-17-29-31(2)18-23/h8-13,16-18,21,25,27H,3-7,14-15H2,1-2H3,(H,28,30,32)/t25-/m0/s1. The molecule has 0 radical (unpaired) electrons. The van der Waals surface area contributed by atoms with Gasteiger partial charge in [-0.15, -0.1) is 0 Å². The van der Waals surface area contributed by atoms with Gasteiger partial charge in [0, 0.05) is 30.6 Å². The first kappa shape index (κ1) is 22.2. The largest absolute Gasteiger partial charge is 0.309 e. The molecule has 1 aliphatic rings. The Labute approximate surface area is 190 Å². The molecule has 3 aromatic rings. The van der Waals surface area contributed by atoms with Crippen molar-refractivity contribution < 1.29 is 4.79 Å². The number of pyridine rings is 1. The Balaban J connectivity index is 1.39. The number of benzene rings is 1. The molecule has 0 unspecified atom stereocenters. The van der Waals surface area contributed by atoms with Crippen LogP contribution < -0.4 is 10.6 Å².